The highest BCUT2D eigenvalue weighted by molar-refractivity contribution is 7.91. The van der Waals surface area contributed by atoms with Crippen LogP contribution in [0, 0.1) is 13.8 Å². The second kappa shape index (κ2) is 7.33. The van der Waals surface area contributed by atoms with Crippen LogP contribution in [-0.4, -0.2) is 19.3 Å². The minimum absolute atomic E-state index is 0.0298. The molecule has 0 bridgehead atoms. The molecule has 1 aliphatic heterocycles. The number of aryl methyl sites for hydroxylation is 2. The SMILES string of the molecule is Cc1ccc2c(c1)S(=O)(=O)c1cccc(C)c1C2NC(=O)c1ccc(C(F)(F)F)[nH]c1=O. The van der Waals surface area contributed by atoms with Crippen LogP contribution in [0.2, 0.25) is 0 Å². The Labute approximate surface area is 181 Å². The average molecular weight is 462 g/mol. The van der Waals surface area contributed by atoms with Crippen molar-refractivity contribution in [2.24, 2.45) is 0 Å². The van der Waals surface area contributed by atoms with Gasteiger partial charge in [-0.1, -0.05) is 24.3 Å². The molecule has 32 heavy (non-hydrogen) atoms. The standard InChI is InChI=1S/C22H17F3N2O4S/c1-11-6-7-13-16(10-11)32(30,31)15-5-3-4-12(2)18(15)19(13)27-21(29)14-8-9-17(22(23,24)25)26-20(14)28/h3-10,19H,1-2H3,(H,26,28)(H,27,29). The van der Waals surface area contributed by atoms with Crippen LogP contribution in [-0.2, 0) is 16.0 Å². The molecule has 2 aromatic carbocycles. The molecule has 3 aromatic rings. The number of rotatable bonds is 2. The Morgan fingerprint density at radius 3 is 2.41 bits per heavy atom. The van der Waals surface area contributed by atoms with Gasteiger partial charge in [-0.05, 0) is 54.8 Å². The van der Waals surface area contributed by atoms with Crippen LogP contribution in [0.25, 0.3) is 0 Å². The summed E-state index contributed by atoms with van der Waals surface area (Å²) in [5.41, 5.74) is -1.03. The van der Waals surface area contributed by atoms with E-state index in [4.69, 9.17) is 0 Å². The van der Waals surface area contributed by atoms with Crippen molar-refractivity contribution in [3.8, 4) is 0 Å². The van der Waals surface area contributed by atoms with Gasteiger partial charge in [-0.15, -0.1) is 0 Å². The Kier molecular flexibility index (Phi) is 5.00. The van der Waals surface area contributed by atoms with Crippen molar-refractivity contribution in [3.63, 3.8) is 0 Å². The van der Waals surface area contributed by atoms with Crippen molar-refractivity contribution < 1.29 is 26.4 Å². The molecule has 0 fully saturated rings. The van der Waals surface area contributed by atoms with E-state index >= 15 is 0 Å². The molecule has 0 radical (unpaired) electrons. The zero-order chi connectivity index (χ0) is 23.4. The van der Waals surface area contributed by atoms with Gasteiger partial charge in [0.1, 0.15) is 11.3 Å². The van der Waals surface area contributed by atoms with E-state index < -0.39 is 44.8 Å². The smallest absolute Gasteiger partial charge is 0.341 e. The largest absolute Gasteiger partial charge is 0.431 e. The highest BCUT2D eigenvalue weighted by atomic mass is 32.2. The molecule has 2 heterocycles. The van der Waals surface area contributed by atoms with E-state index in [1.54, 1.807) is 43.1 Å². The van der Waals surface area contributed by atoms with E-state index in [0.717, 1.165) is 6.07 Å². The number of nitrogens with one attached hydrogen (secondary N) is 2. The molecule has 0 saturated heterocycles. The van der Waals surface area contributed by atoms with Gasteiger partial charge in [0.15, 0.2) is 0 Å². The number of halogens is 3. The highest BCUT2D eigenvalue weighted by Gasteiger charge is 2.38. The van der Waals surface area contributed by atoms with Crippen molar-refractivity contribution in [2.45, 2.75) is 35.9 Å². The summed E-state index contributed by atoms with van der Waals surface area (Å²) in [5.74, 6) is -0.926. The molecule has 0 spiro atoms. The first kappa shape index (κ1) is 21.8. The Bertz CT molecular complexity index is 1420. The van der Waals surface area contributed by atoms with E-state index in [0.29, 0.717) is 28.3 Å². The van der Waals surface area contributed by atoms with Gasteiger partial charge in [0, 0.05) is 5.56 Å². The molecule has 2 N–H and O–H groups in total. The molecule has 4 rings (SSSR count). The summed E-state index contributed by atoms with van der Waals surface area (Å²) in [5, 5.41) is 2.64. The number of aromatic nitrogens is 1. The lowest BCUT2D eigenvalue weighted by Gasteiger charge is -2.30. The van der Waals surface area contributed by atoms with Crippen molar-refractivity contribution >= 4 is 15.7 Å². The van der Waals surface area contributed by atoms with E-state index in [-0.39, 0.29) is 9.79 Å². The van der Waals surface area contributed by atoms with Gasteiger partial charge in [-0.3, -0.25) is 9.59 Å². The number of hydrogen-bond donors (Lipinski definition) is 2. The molecule has 0 aliphatic carbocycles. The van der Waals surface area contributed by atoms with Gasteiger partial charge in [0.2, 0.25) is 9.84 Å². The molecule has 1 amide bonds. The number of H-pyrrole nitrogens is 1. The molecule has 166 valence electrons. The fraction of sp³-hybridized carbons (Fsp3) is 0.182. The lowest BCUT2D eigenvalue weighted by atomic mass is 9.93. The Balaban J connectivity index is 1.84. The maximum Gasteiger partial charge on any atom is 0.431 e. The highest BCUT2D eigenvalue weighted by Crippen LogP contribution is 2.42. The van der Waals surface area contributed by atoms with Crippen molar-refractivity contribution in [1.82, 2.24) is 10.3 Å². The van der Waals surface area contributed by atoms with Crippen LogP contribution < -0.4 is 10.9 Å². The van der Waals surface area contributed by atoms with Crippen LogP contribution in [0.4, 0.5) is 13.2 Å². The van der Waals surface area contributed by atoms with Crippen molar-refractivity contribution in [2.75, 3.05) is 0 Å². The monoisotopic (exact) mass is 462 g/mol. The number of pyridine rings is 1. The number of aromatic amines is 1. The van der Waals surface area contributed by atoms with E-state index in [2.05, 4.69) is 5.32 Å². The third-order valence-corrected chi connectivity index (χ3v) is 7.23. The second-order valence-electron chi connectivity index (χ2n) is 7.55. The van der Waals surface area contributed by atoms with Crippen LogP contribution in [0.3, 0.4) is 0 Å². The van der Waals surface area contributed by atoms with Crippen LogP contribution in [0.1, 0.15) is 44.3 Å². The Morgan fingerprint density at radius 2 is 1.75 bits per heavy atom. The Morgan fingerprint density at radius 1 is 1.03 bits per heavy atom. The molecule has 1 atom stereocenters. The zero-order valence-electron chi connectivity index (χ0n) is 16.9. The second-order valence-corrected chi connectivity index (χ2v) is 9.44. The summed E-state index contributed by atoms with van der Waals surface area (Å²) in [7, 11) is -3.85. The number of sulfone groups is 1. The zero-order valence-corrected chi connectivity index (χ0v) is 17.7. The summed E-state index contributed by atoms with van der Waals surface area (Å²) in [4.78, 5) is 26.8. The van der Waals surface area contributed by atoms with Gasteiger partial charge in [0.05, 0.1) is 15.8 Å². The van der Waals surface area contributed by atoms with Crippen LogP contribution in [0.15, 0.2) is 63.1 Å². The average Bonchev–Trinajstić information content (AvgIpc) is 2.70. The third kappa shape index (κ3) is 3.50. The van der Waals surface area contributed by atoms with E-state index in [1.807, 2.05) is 0 Å². The van der Waals surface area contributed by atoms with Gasteiger partial charge >= 0.3 is 6.18 Å². The lowest BCUT2D eigenvalue weighted by Crippen LogP contribution is -2.37. The Hall–Kier alpha value is -3.40. The normalized spacial score (nSPS) is 16.7. The topological polar surface area (TPSA) is 96.1 Å². The molecule has 1 unspecified atom stereocenters. The summed E-state index contributed by atoms with van der Waals surface area (Å²) >= 11 is 0. The number of fused-ring (bicyclic) bond motifs is 2. The molecule has 0 saturated carbocycles. The molecule has 6 nitrogen and oxygen atoms in total. The summed E-state index contributed by atoms with van der Waals surface area (Å²) in [6.45, 7) is 3.43. The predicted octanol–water partition coefficient (Wildman–Crippen LogP) is 3.68. The minimum atomic E-state index is -4.77. The quantitative estimate of drug-likeness (QED) is 0.607. The first-order valence-corrected chi connectivity index (χ1v) is 11.0. The number of alkyl halides is 3. The molecular weight excluding hydrogens is 445 g/mol. The van der Waals surface area contributed by atoms with Gasteiger partial charge in [0.25, 0.3) is 11.5 Å². The van der Waals surface area contributed by atoms with Crippen molar-refractivity contribution in [1.29, 1.82) is 0 Å². The van der Waals surface area contributed by atoms with Gasteiger partial charge in [-0.25, -0.2) is 8.42 Å². The summed E-state index contributed by atoms with van der Waals surface area (Å²) in [6.07, 6.45) is -4.77. The maximum absolute atomic E-state index is 13.2. The maximum atomic E-state index is 13.2. The summed E-state index contributed by atoms with van der Waals surface area (Å²) < 4.78 is 64.9. The predicted molar refractivity (Wildman–Crippen MR) is 109 cm³/mol. The fourth-order valence-corrected chi connectivity index (χ4v) is 5.72. The number of carbonyl (C=O) groups excluding carboxylic acids is 1. The minimum Gasteiger partial charge on any atom is -0.341 e. The molecule has 1 aromatic heterocycles. The molecule has 1 aliphatic rings. The number of hydrogen-bond acceptors (Lipinski definition) is 4. The molecular formula is C22H17F3N2O4S. The first-order valence-electron chi connectivity index (χ1n) is 9.48. The number of carbonyl (C=O) groups is 1. The van der Waals surface area contributed by atoms with Crippen LogP contribution >= 0.6 is 0 Å². The third-order valence-electron chi connectivity index (χ3n) is 5.37. The lowest BCUT2D eigenvalue weighted by molar-refractivity contribution is -0.141. The van der Waals surface area contributed by atoms with E-state index in [1.165, 1.54) is 12.1 Å². The number of amides is 1. The summed E-state index contributed by atoms with van der Waals surface area (Å²) in [6, 6.07) is 9.99. The first-order chi connectivity index (χ1) is 14.9. The van der Waals surface area contributed by atoms with Crippen LogP contribution in [0.5, 0.6) is 0 Å². The molecule has 10 heteroatoms. The number of benzene rings is 2. The van der Waals surface area contributed by atoms with Crippen molar-refractivity contribution in [3.05, 3.63) is 92.4 Å². The van der Waals surface area contributed by atoms with Gasteiger partial charge in [-0.2, -0.15) is 13.2 Å². The van der Waals surface area contributed by atoms with Gasteiger partial charge < -0.3 is 10.3 Å². The van der Waals surface area contributed by atoms with E-state index in [9.17, 15) is 31.2 Å². The fourth-order valence-electron chi connectivity index (χ4n) is 3.82.